The van der Waals surface area contributed by atoms with Gasteiger partial charge >= 0.3 is 6.09 Å². The molecule has 0 atom stereocenters. The van der Waals surface area contributed by atoms with Gasteiger partial charge in [0, 0.05) is 13.1 Å². The first kappa shape index (κ1) is 12.2. The lowest BCUT2D eigenvalue weighted by Crippen LogP contribution is -2.46. The van der Waals surface area contributed by atoms with Crippen LogP contribution in [0.5, 0.6) is 0 Å². The lowest BCUT2D eigenvalue weighted by Gasteiger charge is -2.32. The summed E-state index contributed by atoms with van der Waals surface area (Å²) in [5, 5.41) is 2.98. The molecule has 0 saturated heterocycles. The molecule has 1 rings (SSSR count). The Morgan fingerprint density at radius 3 is 2.53 bits per heavy atom. The van der Waals surface area contributed by atoms with E-state index in [1.165, 1.54) is 26.4 Å². The van der Waals surface area contributed by atoms with Crippen LogP contribution >= 0.6 is 12.2 Å². The van der Waals surface area contributed by atoms with Crippen molar-refractivity contribution in [2.24, 2.45) is 0 Å². The molecule has 4 nitrogen and oxygen atoms in total. The highest BCUT2D eigenvalue weighted by molar-refractivity contribution is 7.80. The number of hydrogen-bond donors (Lipinski definition) is 1. The number of ether oxygens (including phenoxy) is 1. The Hall–Kier alpha value is -0.840. The summed E-state index contributed by atoms with van der Waals surface area (Å²) in [5.74, 6) is 0. The molecule has 0 aromatic carbocycles. The van der Waals surface area contributed by atoms with Gasteiger partial charge in [-0.1, -0.05) is 19.3 Å². The number of methoxy groups -OCH3 is 1. The molecule has 1 N–H and O–H groups in total. The molecule has 0 heterocycles. The van der Waals surface area contributed by atoms with Crippen molar-refractivity contribution in [3.8, 4) is 0 Å². The van der Waals surface area contributed by atoms with E-state index in [0.717, 1.165) is 12.8 Å². The minimum absolute atomic E-state index is 0.453. The minimum atomic E-state index is -0.498. The van der Waals surface area contributed by atoms with E-state index in [9.17, 15) is 4.79 Å². The van der Waals surface area contributed by atoms with Gasteiger partial charge in [-0.05, 0) is 25.1 Å². The van der Waals surface area contributed by atoms with Gasteiger partial charge in [0.15, 0.2) is 5.11 Å². The molecule has 5 heteroatoms. The van der Waals surface area contributed by atoms with Gasteiger partial charge in [-0.2, -0.15) is 0 Å². The van der Waals surface area contributed by atoms with Crippen LogP contribution in [0.15, 0.2) is 0 Å². The van der Waals surface area contributed by atoms with Gasteiger partial charge < -0.3 is 9.64 Å². The smallest absolute Gasteiger partial charge is 0.413 e. The predicted octanol–water partition coefficient (Wildman–Crippen LogP) is 1.89. The third-order valence-electron chi connectivity index (χ3n) is 2.84. The largest absolute Gasteiger partial charge is 0.453 e. The van der Waals surface area contributed by atoms with Crippen LogP contribution in [-0.2, 0) is 4.74 Å². The van der Waals surface area contributed by atoms with E-state index in [4.69, 9.17) is 12.2 Å². The summed E-state index contributed by atoms with van der Waals surface area (Å²) in [4.78, 5) is 12.9. The summed E-state index contributed by atoms with van der Waals surface area (Å²) < 4.78 is 4.49. The molecule has 1 amide bonds. The molecule has 1 aliphatic carbocycles. The Labute approximate surface area is 96.0 Å². The van der Waals surface area contributed by atoms with Crippen LogP contribution in [0.3, 0.4) is 0 Å². The van der Waals surface area contributed by atoms with E-state index in [1.54, 1.807) is 0 Å². The Morgan fingerprint density at radius 2 is 2.00 bits per heavy atom. The van der Waals surface area contributed by atoms with Crippen LogP contribution in [0.2, 0.25) is 0 Å². The Kier molecular flexibility index (Phi) is 4.81. The molecule has 0 bridgehead atoms. The number of thiocarbonyl (C=S) groups is 1. The first-order chi connectivity index (χ1) is 7.15. The molecule has 1 saturated carbocycles. The molecule has 0 spiro atoms. The number of nitrogens with one attached hydrogen (secondary N) is 1. The van der Waals surface area contributed by atoms with Gasteiger partial charge in [0.1, 0.15) is 0 Å². The molecular weight excluding hydrogens is 212 g/mol. The number of alkyl carbamates (subject to hydrolysis) is 1. The number of rotatable bonds is 1. The molecule has 0 aliphatic heterocycles. The minimum Gasteiger partial charge on any atom is -0.453 e. The quantitative estimate of drug-likeness (QED) is 0.698. The van der Waals surface area contributed by atoms with Crippen molar-refractivity contribution < 1.29 is 9.53 Å². The van der Waals surface area contributed by atoms with Crippen LogP contribution in [0, 0.1) is 0 Å². The third kappa shape index (κ3) is 3.66. The zero-order valence-corrected chi connectivity index (χ0v) is 10.1. The molecular formula is C10H18N2O2S. The molecule has 15 heavy (non-hydrogen) atoms. The Balaban J connectivity index is 2.40. The van der Waals surface area contributed by atoms with Crippen molar-refractivity contribution in [3.63, 3.8) is 0 Å². The highest BCUT2D eigenvalue weighted by Gasteiger charge is 2.20. The Bertz CT molecular complexity index is 240. The number of amides is 1. The van der Waals surface area contributed by atoms with Crippen molar-refractivity contribution in [1.82, 2.24) is 10.2 Å². The van der Waals surface area contributed by atoms with Gasteiger partial charge in [0.25, 0.3) is 0 Å². The fourth-order valence-electron chi connectivity index (χ4n) is 1.86. The SMILES string of the molecule is COC(=O)NC(=S)N(C)C1CCCCC1. The second-order valence-corrected chi connectivity index (χ2v) is 4.21. The predicted molar refractivity (Wildman–Crippen MR) is 62.8 cm³/mol. The lowest BCUT2D eigenvalue weighted by molar-refractivity contribution is 0.174. The maximum Gasteiger partial charge on any atom is 0.413 e. The van der Waals surface area contributed by atoms with Crippen molar-refractivity contribution in [1.29, 1.82) is 0 Å². The monoisotopic (exact) mass is 230 g/mol. The van der Waals surface area contributed by atoms with Gasteiger partial charge in [0.2, 0.25) is 0 Å². The highest BCUT2D eigenvalue weighted by atomic mass is 32.1. The number of carbonyl (C=O) groups excluding carboxylic acids is 1. The van der Waals surface area contributed by atoms with Crippen LogP contribution < -0.4 is 5.32 Å². The molecule has 1 fully saturated rings. The molecule has 1 aliphatic rings. The molecule has 0 aromatic heterocycles. The normalized spacial score (nSPS) is 16.9. The standard InChI is InChI=1S/C10H18N2O2S/c1-12(8-6-4-3-5-7-8)9(15)11-10(13)14-2/h8H,3-7H2,1-2H3,(H,11,13,15). The molecule has 0 unspecified atom stereocenters. The summed E-state index contributed by atoms with van der Waals surface area (Å²) in [6, 6.07) is 0.461. The Morgan fingerprint density at radius 1 is 1.40 bits per heavy atom. The van der Waals surface area contributed by atoms with E-state index in [2.05, 4.69) is 10.1 Å². The maximum atomic E-state index is 11.0. The van der Waals surface area contributed by atoms with Crippen molar-refractivity contribution in [3.05, 3.63) is 0 Å². The second kappa shape index (κ2) is 5.90. The van der Waals surface area contributed by atoms with E-state index in [0.29, 0.717) is 11.2 Å². The van der Waals surface area contributed by atoms with Crippen molar-refractivity contribution >= 4 is 23.4 Å². The number of carbonyl (C=O) groups is 1. The summed E-state index contributed by atoms with van der Waals surface area (Å²) in [6.07, 6.45) is 5.61. The van der Waals surface area contributed by atoms with Gasteiger partial charge in [-0.15, -0.1) is 0 Å². The van der Waals surface area contributed by atoms with Gasteiger partial charge in [0.05, 0.1) is 7.11 Å². The fourth-order valence-corrected chi connectivity index (χ4v) is 2.09. The van der Waals surface area contributed by atoms with Crippen LogP contribution in [0.25, 0.3) is 0 Å². The van der Waals surface area contributed by atoms with E-state index < -0.39 is 6.09 Å². The van der Waals surface area contributed by atoms with E-state index in [1.807, 2.05) is 11.9 Å². The van der Waals surface area contributed by atoms with Crippen LogP contribution in [0.1, 0.15) is 32.1 Å². The van der Waals surface area contributed by atoms with Gasteiger partial charge in [-0.3, -0.25) is 5.32 Å². The first-order valence-electron chi connectivity index (χ1n) is 5.27. The fraction of sp³-hybridized carbons (Fsp3) is 0.800. The number of nitrogens with zero attached hydrogens (tertiary/aromatic N) is 1. The summed E-state index contributed by atoms with van der Waals surface area (Å²) in [6.45, 7) is 0. The maximum absolute atomic E-state index is 11.0. The van der Waals surface area contributed by atoms with Crippen molar-refractivity contribution in [2.45, 2.75) is 38.1 Å². The van der Waals surface area contributed by atoms with Crippen molar-refractivity contribution in [2.75, 3.05) is 14.2 Å². The molecule has 86 valence electrons. The summed E-state index contributed by atoms with van der Waals surface area (Å²) in [5.41, 5.74) is 0. The molecule has 0 radical (unpaired) electrons. The summed E-state index contributed by atoms with van der Waals surface area (Å²) >= 11 is 5.11. The lowest BCUT2D eigenvalue weighted by atomic mass is 9.95. The average Bonchev–Trinajstić information content (AvgIpc) is 2.29. The highest BCUT2D eigenvalue weighted by Crippen LogP contribution is 2.21. The zero-order valence-electron chi connectivity index (χ0n) is 9.28. The second-order valence-electron chi connectivity index (χ2n) is 3.82. The van der Waals surface area contributed by atoms with E-state index >= 15 is 0 Å². The third-order valence-corrected chi connectivity index (χ3v) is 3.23. The molecule has 0 aromatic rings. The first-order valence-corrected chi connectivity index (χ1v) is 5.67. The number of hydrogen-bond acceptors (Lipinski definition) is 3. The van der Waals surface area contributed by atoms with Gasteiger partial charge in [-0.25, -0.2) is 4.79 Å². The van der Waals surface area contributed by atoms with Crippen LogP contribution in [-0.4, -0.2) is 36.3 Å². The summed E-state index contributed by atoms with van der Waals surface area (Å²) in [7, 11) is 3.26. The zero-order chi connectivity index (χ0) is 11.3. The van der Waals surface area contributed by atoms with E-state index in [-0.39, 0.29) is 0 Å². The van der Waals surface area contributed by atoms with Crippen LogP contribution in [0.4, 0.5) is 4.79 Å². The topological polar surface area (TPSA) is 41.6 Å². The average molecular weight is 230 g/mol.